The zero-order valence-corrected chi connectivity index (χ0v) is 11.9. The van der Waals surface area contributed by atoms with E-state index in [1.807, 2.05) is 16.8 Å². The van der Waals surface area contributed by atoms with Crippen molar-refractivity contribution in [2.45, 2.75) is 6.42 Å². The summed E-state index contributed by atoms with van der Waals surface area (Å²) in [6, 6.07) is 5.40. The van der Waals surface area contributed by atoms with Crippen molar-refractivity contribution >= 4 is 23.2 Å². The first kappa shape index (κ1) is 14.1. The number of nitrogens with zero attached hydrogens (tertiary/aromatic N) is 2. The monoisotopic (exact) mass is 296 g/mol. The average molecular weight is 297 g/mol. The lowest BCUT2D eigenvalue weighted by atomic mass is 10.3. The van der Waals surface area contributed by atoms with E-state index in [0.29, 0.717) is 29.7 Å². The molecule has 2 aromatic rings. The fourth-order valence-electron chi connectivity index (χ4n) is 1.75. The second-order valence-corrected chi connectivity index (χ2v) is 4.77. The summed E-state index contributed by atoms with van der Waals surface area (Å²) in [6.07, 6.45) is 6.05. The van der Waals surface area contributed by atoms with Crippen molar-refractivity contribution in [1.82, 2.24) is 9.55 Å². The summed E-state index contributed by atoms with van der Waals surface area (Å²) < 4.78 is 7.31. The molecule has 0 radical (unpaired) electrons. The van der Waals surface area contributed by atoms with E-state index in [2.05, 4.69) is 11.6 Å². The molecule has 0 aliphatic rings. The van der Waals surface area contributed by atoms with Crippen molar-refractivity contribution in [3.05, 3.63) is 59.1 Å². The quantitative estimate of drug-likeness (QED) is 0.597. The van der Waals surface area contributed by atoms with Gasteiger partial charge in [0.1, 0.15) is 5.82 Å². The van der Waals surface area contributed by atoms with E-state index in [0.717, 1.165) is 11.5 Å². The molecule has 0 aliphatic carbocycles. The molecule has 0 unspecified atom stereocenters. The Bertz CT molecular complexity index is 566. The highest BCUT2D eigenvalue weighted by atomic mass is 35.5. The topological polar surface area (TPSA) is 27.1 Å². The van der Waals surface area contributed by atoms with Gasteiger partial charge >= 0.3 is 0 Å². The van der Waals surface area contributed by atoms with Gasteiger partial charge in [-0.15, -0.1) is 6.58 Å². The molecule has 0 N–H and O–H groups in total. The normalized spacial score (nSPS) is 10.6. The van der Waals surface area contributed by atoms with E-state index in [1.165, 1.54) is 0 Å². The fourth-order valence-corrected chi connectivity index (χ4v) is 2.24. The molecule has 19 heavy (non-hydrogen) atoms. The van der Waals surface area contributed by atoms with E-state index in [-0.39, 0.29) is 0 Å². The molecule has 0 amide bonds. The number of aromatic nitrogens is 2. The standard InChI is InChI=1S/C14H14Cl2N2O/c1-2-8-19-9-5-14-17-6-7-18(14)13-4-3-11(15)10-12(13)16/h2-4,6-7,10H,1,5,8-9H2. The minimum atomic E-state index is 0.544. The third kappa shape index (κ3) is 3.60. The molecule has 1 aromatic heterocycles. The maximum Gasteiger partial charge on any atom is 0.115 e. The van der Waals surface area contributed by atoms with Gasteiger partial charge in [0.25, 0.3) is 0 Å². The van der Waals surface area contributed by atoms with E-state index in [1.54, 1.807) is 24.4 Å². The first-order valence-corrected chi connectivity index (χ1v) is 6.64. The Labute approximate surface area is 122 Å². The van der Waals surface area contributed by atoms with Crippen molar-refractivity contribution in [3.63, 3.8) is 0 Å². The van der Waals surface area contributed by atoms with Crippen LogP contribution in [0.4, 0.5) is 0 Å². The van der Waals surface area contributed by atoms with Gasteiger partial charge in [-0.3, -0.25) is 0 Å². The number of rotatable bonds is 6. The zero-order chi connectivity index (χ0) is 13.7. The Morgan fingerprint density at radius 3 is 2.95 bits per heavy atom. The molecular formula is C14H14Cl2N2O. The van der Waals surface area contributed by atoms with E-state index < -0.39 is 0 Å². The molecule has 1 aromatic carbocycles. The molecule has 2 rings (SSSR count). The first-order chi connectivity index (χ1) is 9.22. The van der Waals surface area contributed by atoms with E-state index in [4.69, 9.17) is 27.9 Å². The smallest absolute Gasteiger partial charge is 0.115 e. The molecule has 0 fully saturated rings. The molecule has 0 saturated carbocycles. The van der Waals surface area contributed by atoms with Gasteiger partial charge in [0.05, 0.1) is 23.9 Å². The Morgan fingerprint density at radius 1 is 1.37 bits per heavy atom. The summed E-state index contributed by atoms with van der Waals surface area (Å²) in [5.74, 6) is 0.897. The van der Waals surface area contributed by atoms with E-state index in [9.17, 15) is 0 Å². The van der Waals surface area contributed by atoms with Crippen molar-refractivity contribution < 1.29 is 4.74 Å². The third-order valence-electron chi connectivity index (χ3n) is 2.59. The lowest BCUT2D eigenvalue weighted by Crippen LogP contribution is -2.06. The van der Waals surface area contributed by atoms with Gasteiger partial charge < -0.3 is 9.30 Å². The van der Waals surface area contributed by atoms with Crippen LogP contribution in [0.2, 0.25) is 10.0 Å². The summed E-state index contributed by atoms with van der Waals surface area (Å²) in [5.41, 5.74) is 0.863. The number of hydrogen-bond acceptors (Lipinski definition) is 2. The summed E-state index contributed by atoms with van der Waals surface area (Å²) in [7, 11) is 0. The molecule has 0 atom stereocenters. The molecule has 3 nitrogen and oxygen atoms in total. The number of ether oxygens (including phenoxy) is 1. The van der Waals surface area contributed by atoms with Crippen LogP contribution < -0.4 is 0 Å². The zero-order valence-electron chi connectivity index (χ0n) is 10.4. The Morgan fingerprint density at radius 2 is 2.21 bits per heavy atom. The van der Waals surface area contributed by atoms with Crippen LogP contribution >= 0.6 is 23.2 Å². The van der Waals surface area contributed by atoms with Crippen molar-refractivity contribution in [1.29, 1.82) is 0 Å². The predicted octanol–water partition coefficient (Wildman–Crippen LogP) is 3.92. The number of halogens is 2. The van der Waals surface area contributed by atoms with Gasteiger partial charge in [-0.05, 0) is 18.2 Å². The first-order valence-electron chi connectivity index (χ1n) is 5.88. The summed E-state index contributed by atoms with van der Waals surface area (Å²) in [4.78, 5) is 4.32. The Hall–Kier alpha value is -1.29. The molecule has 0 spiro atoms. The van der Waals surface area contributed by atoms with Gasteiger partial charge in [0.2, 0.25) is 0 Å². The lowest BCUT2D eigenvalue weighted by molar-refractivity contribution is 0.164. The minimum Gasteiger partial charge on any atom is -0.377 e. The highest BCUT2D eigenvalue weighted by Gasteiger charge is 2.08. The van der Waals surface area contributed by atoms with Gasteiger partial charge in [0.15, 0.2) is 0 Å². The lowest BCUT2D eigenvalue weighted by Gasteiger charge is -2.10. The summed E-state index contributed by atoms with van der Waals surface area (Å²) >= 11 is 12.1. The van der Waals surface area contributed by atoms with Crippen LogP contribution in [0.25, 0.3) is 5.69 Å². The number of hydrogen-bond donors (Lipinski definition) is 0. The number of imidazole rings is 1. The largest absolute Gasteiger partial charge is 0.377 e. The van der Waals surface area contributed by atoms with Crippen LogP contribution in [-0.2, 0) is 11.2 Å². The van der Waals surface area contributed by atoms with Gasteiger partial charge in [0, 0.05) is 23.8 Å². The second-order valence-electron chi connectivity index (χ2n) is 3.92. The molecule has 0 aliphatic heterocycles. The van der Waals surface area contributed by atoms with Crippen LogP contribution in [-0.4, -0.2) is 22.8 Å². The second kappa shape index (κ2) is 6.75. The van der Waals surface area contributed by atoms with Crippen molar-refractivity contribution in [2.75, 3.05) is 13.2 Å². The van der Waals surface area contributed by atoms with Crippen LogP contribution in [0.3, 0.4) is 0 Å². The maximum atomic E-state index is 6.20. The molecule has 100 valence electrons. The molecule has 5 heteroatoms. The van der Waals surface area contributed by atoms with Crippen molar-refractivity contribution in [2.24, 2.45) is 0 Å². The fraction of sp³-hybridized carbons (Fsp3) is 0.214. The van der Waals surface area contributed by atoms with Gasteiger partial charge in [-0.2, -0.15) is 0 Å². The summed E-state index contributed by atoms with van der Waals surface area (Å²) in [5, 5.41) is 1.21. The molecule has 0 bridgehead atoms. The SMILES string of the molecule is C=CCOCCc1nccn1-c1ccc(Cl)cc1Cl. The van der Waals surface area contributed by atoms with Crippen LogP contribution in [0.5, 0.6) is 0 Å². The highest BCUT2D eigenvalue weighted by Crippen LogP contribution is 2.25. The third-order valence-corrected chi connectivity index (χ3v) is 3.13. The number of benzene rings is 1. The Balaban J connectivity index is 2.16. The van der Waals surface area contributed by atoms with Crippen molar-refractivity contribution in [3.8, 4) is 5.69 Å². The Kier molecular flexibility index (Phi) is 5.02. The molecule has 1 heterocycles. The van der Waals surface area contributed by atoms with Gasteiger partial charge in [-0.1, -0.05) is 29.3 Å². The van der Waals surface area contributed by atoms with E-state index >= 15 is 0 Å². The minimum absolute atomic E-state index is 0.544. The maximum absolute atomic E-state index is 6.20. The van der Waals surface area contributed by atoms with Gasteiger partial charge in [-0.25, -0.2) is 4.98 Å². The molecular weight excluding hydrogens is 283 g/mol. The average Bonchev–Trinajstić information content (AvgIpc) is 2.83. The van der Waals surface area contributed by atoms with Crippen LogP contribution in [0.1, 0.15) is 5.82 Å². The predicted molar refractivity (Wildman–Crippen MR) is 78.3 cm³/mol. The highest BCUT2D eigenvalue weighted by molar-refractivity contribution is 6.35. The molecule has 0 saturated heterocycles. The van der Waals surface area contributed by atoms with Crippen LogP contribution in [0, 0.1) is 0 Å². The van der Waals surface area contributed by atoms with Crippen LogP contribution in [0.15, 0.2) is 43.2 Å². The summed E-state index contributed by atoms with van der Waals surface area (Å²) in [6.45, 7) is 4.74.